The lowest BCUT2D eigenvalue weighted by Gasteiger charge is -2.29. The molecule has 0 spiro atoms. The fourth-order valence-electron chi connectivity index (χ4n) is 3.71. The molecule has 32 heavy (non-hydrogen) atoms. The molecule has 0 bridgehead atoms. The van der Waals surface area contributed by atoms with Crippen molar-refractivity contribution in [2.45, 2.75) is 20.8 Å². The molecule has 1 aliphatic heterocycles. The predicted octanol–water partition coefficient (Wildman–Crippen LogP) is 5.54. The number of halogens is 2. The average Bonchev–Trinajstić information content (AvgIpc) is 3.00. The van der Waals surface area contributed by atoms with Crippen LogP contribution in [0.2, 0.25) is 10.0 Å². The Hall–Kier alpha value is -2.93. The van der Waals surface area contributed by atoms with Crippen molar-refractivity contribution in [1.82, 2.24) is 9.88 Å². The zero-order valence-corrected chi connectivity index (χ0v) is 19.9. The highest BCUT2D eigenvalue weighted by atomic mass is 35.5. The fraction of sp³-hybridized carbons (Fsp3) is 0.125. The number of nitrogens with one attached hydrogen (secondary N) is 1. The van der Waals surface area contributed by atoms with E-state index in [9.17, 15) is 9.59 Å². The first-order valence-corrected chi connectivity index (χ1v) is 11.0. The lowest BCUT2D eigenvalue weighted by Crippen LogP contribution is -2.54. The zero-order chi connectivity index (χ0) is 23.2. The quantitative estimate of drug-likeness (QED) is 0.302. The second-order valence-corrected chi connectivity index (χ2v) is 8.76. The third-order valence-electron chi connectivity index (χ3n) is 5.35. The van der Waals surface area contributed by atoms with Gasteiger partial charge in [-0.15, -0.1) is 0 Å². The van der Waals surface area contributed by atoms with Gasteiger partial charge in [-0.25, -0.2) is 0 Å². The minimum atomic E-state index is -0.540. The monoisotopic (exact) mass is 483 g/mol. The molecule has 2 heterocycles. The Balaban J connectivity index is 1.77. The number of amides is 2. The van der Waals surface area contributed by atoms with Gasteiger partial charge >= 0.3 is 0 Å². The van der Waals surface area contributed by atoms with Crippen LogP contribution in [-0.2, 0) is 9.59 Å². The number of carbonyl (C=O) groups excluding carboxylic acids is 2. The number of rotatable bonds is 3. The van der Waals surface area contributed by atoms with Crippen LogP contribution in [0.3, 0.4) is 0 Å². The molecule has 1 saturated heterocycles. The number of carbonyl (C=O) groups is 2. The number of aromatic nitrogens is 1. The van der Waals surface area contributed by atoms with E-state index in [1.54, 1.807) is 24.3 Å². The number of hydrogen-bond donors (Lipinski definition) is 1. The maximum absolute atomic E-state index is 13.3. The summed E-state index contributed by atoms with van der Waals surface area (Å²) in [6.07, 6.45) is 1.59. The molecular formula is C24H19Cl2N3O2S. The Bertz CT molecular complexity index is 1330. The molecule has 2 amide bonds. The second-order valence-electron chi connectivity index (χ2n) is 7.53. The number of nitrogens with zero attached hydrogens (tertiary/aromatic N) is 2. The standard InChI is InChI=1S/C24H19Cl2N3O2S/c1-13-7-8-19(12-21(13)26)29-23(31)20(22(30)27-24(29)32)10-16-9-14(2)28(15(16)3)18-6-4-5-17(25)11-18/h4-12H,1-3H3,(H,27,30,32)/b20-10+. The fourth-order valence-corrected chi connectivity index (χ4v) is 4.35. The highest BCUT2D eigenvalue weighted by molar-refractivity contribution is 7.80. The van der Waals surface area contributed by atoms with Crippen LogP contribution in [0.25, 0.3) is 11.8 Å². The van der Waals surface area contributed by atoms with E-state index in [0.717, 1.165) is 28.2 Å². The van der Waals surface area contributed by atoms with E-state index in [-0.39, 0.29) is 10.7 Å². The largest absolute Gasteiger partial charge is 0.318 e. The summed E-state index contributed by atoms with van der Waals surface area (Å²) in [5.41, 5.74) is 4.81. The molecule has 2 aromatic carbocycles. The number of anilines is 1. The van der Waals surface area contributed by atoms with Crippen LogP contribution in [0.1, 0.15) is 22.5 Å². The van der Waals surface area contributed by atoms with Crippen LogP contribution in [0.5, 0.6) is 0 Å². The van der Waals surface area contributed by atoms with E-state index in [1.807, 2.05) is 55.7 Å². The summed E-state index contributed by atoms with van der Waals surface area (Å²) >= 11 is 17.7. The van der Waals surface area contributed by atoms with Gasteiger partial charge in [0.05, 0.1) is 5.69 Å². The summed E-state index contributed by atoms with van der Waals surface area (Å²) < 4.78 is 2.02. The SMILES string of the molecule is Cc1ccc(N2C(=O)/C(=C/c3cc(C)n(-c4cccc(Cl)c4)c3C)C(=O)NC2=S)cc1Cl. The minimum absolute atomic E-state index is 0.0124. The second kappa shape index (κ2) is 8.54. The van der Waals surface area contributed by atoms with Crippen LogP contribution >= 0.6 is 35.4 Å². The number of aryl methyl sites for hydroxylation is 2. The van der Waals surface area contributed by atoms with Crippen molar-refractivity contribution in [3.8, 4) is 5.69 Å². The van der Waals surface area contributed by atoms with E-state index < -0.39 is 11.8 Å². The molecular weight excluding hydrogens is 465 g/mol. The molecule has 8 heteroatoms. The molecule has 0 unspecified atom stereocenters. The lowest BCUT2D eigenvalue weighted by molar-refractivity contribution is -0.122. The van der Waals surface area contributed by atoms with Crippen LogP contribution in [0, 0.1) is 20.8 Å². The molecule has 3 aromatic rings. The van der Waals surface area contributed by atoms with Gasteiger partial charge in [-0.05, 0) is 86.6 Å². The number of benzene rings is 2. The zero-order valence-electron chi connectivity index (χ0n) is 17.6. The maximum atomic E-state index is 13.3. The number of hydrogen-bond acceptors (Lipinski definition) is 3. The summed E-state index contributed by atoms with van der Waals surface area (Å²) in [6, 6.07) is 14.6. The molecule has 0 aliphatic carbocycles. The van der Waals surface area contributed by atoms with Crippen LogP contribution in [0.15, 0.2) is 54.1 Å². The van der Waals surface area contributed by atoms with E-state index >= 15 is 0 Å². The van der Waals surface area contributed by atoms with Gasteiger partial charge in [0.25, 0.3) is 11.8 Å². The van der Waals surface area contributed by atoms with Crippen LogP contribution < -0.4 is 10.2 Å². The van der Waals surface area contributed by atoms with Crippen molar-refractivity contribution >= 4 is 64.1 Å². The van der Waals surface area contributed by atoms with Gasteiger partial charge in [-0.2, -0.15) is 0 Å². The minimum Gasteiger partial charge on any atom is -0.318 e. The van der Waals surface area contributed by atoms with Crippen molar-refractivity contribution in [3.63, 3.8) is 0 Å². The van der Waals surface area contributed by atoms with E-state index in [4.69, 9.17) is 35.4 Å². The van der Waals surface area contributed by atoms with Crippen LogP contribution in [-0.4, -0.2) is 21.5 Å². The van der Waals surface area contributed by atoms with E-state index in [0.29, 0.717) is 15.7 Å². The first kappa shape index (κ1) is 22.3. The summed E-state index contributed by atoms with van der Waals surface area (Å²) in [4.78, 5) is 27.3. The highest BCUT2D eigenvalue weighted by Gasteiger charge is 2.35. The van der Waals surface area contributed by atoms with E-state index in [1.165, 1.54) is 4.90 Å². The Labute approximate surface area is 201 Å². The molecule has 0 radical (unpaired) electrons. The Morgan fingerprint density at radius 3 is 2.41 bits per heavy atom. The summed E-state index contributed by atoms with van der Waals surface area (Å²) in [5, 5.41) is 3.75. The molecule has 1 aromatic heterocycles. The Kier molecular flexibility index (Phi) is 5.95. The molecule has 4 rings (SSSR count). The first-order valence-electron chi connectivity index (χ1n) is 9.80. The predicted molar refractivity (Wildman–Crippen MR) is 133 cm³/mol. The summed E-state index contributed by atoms with van der Waals surface area (Å²) in [6.45, 7) is 5.74. The van der Waals surface area contributed by atoms with Gasteiger partial charge in [-0.1, -0.05) is 35.3 Å². The van der Waals surface area contributed by atoms with Crippen molar-refractivity contribution in [1.29, 1.82) is 0 Å². The molecule has 162 valence electrons. The smallest absolute Gasteiger partial charge is 0.270 e. The summed E-state index contributed by atoms with van der Waals surface area (Å²) in [7, 11) is 0. The van der Waals surface area contributed by atoms with Crippen LogP contribution in [0.4, 0.5) is 5.69 Å². The molecule has 5 nitrogen and oxygen atoms in total. The van der Waals surface area contributed by atoms with Crippen molar-refractivity contribution in [3.05, 3.63) is 86.7 Å². The Morgan fingerprint density at radius 1 is 0.969 bits per heavy atom. The normalized spacial score (nSPS) is 15.5. The van der Waals surface area contributed by atoms with Gasteiger partial charge in [0.15, 0.2) is 5.11 Å². The van der Waals surface area contributed by atoms with Gasteiger partial charge in [-0.3, -0.25) is 19.8 Å². The molecule has 0 atom stereocenters. The topological polar surface area (TPSA) is 54.3 Å². The van der Waals surface area contributed by atoms with Gasteiger partial charge < -0.3 is 4.57 Å². The van der Waals surface area contributed by atoms with Gasteiger partial charge in [0, 0.05) is 27.1 Å². The molecule has 0 saturated carbocycles. The third kappa shape index (κ3) is 3.97. The van der Waals surface area contributed by atoms with Crippen molar-refractivity contribution in [2.75, 3.05) is 4.90 Å². The van der Waals surface area contributed by atoms with Gasteiger partial charge in [0.1, 0.15) is 5.57 Å². The number of thiocarbonyl (C=S) groups is 1. The summed E-state index contributed by atoms with van der Waals surface area (Å²) in [5.74, 6) is -1.05. The van der Waals surface area contributed by atoms with Gasteiger partial charge in [0.2, 0.25) is 0 Å². The molecule has 1 aliphatic rings. The third-order valence-corrected chi connectivity index (χ3v) is 6.28. The van der Waals surface area contributed by atoms with E-state index in [2.05, 4.69) is 5.32 Å². The molecule has 1 N–H and O–H groups in total. The van der Waals surface area contributed by atoms with Crippen molar-refractivity contribution in [2.24, 2.45) is 0 Å². The molecule has 1 fully saturated rings. The highest BCUT2D eigenvalue weighted by Crippen LogP contribution is 2.29. The lowest BCUT2D eigenvalue weighted by atomic mass is 10.1. The first-order chi connectivity index (χ1) is 15.2. The van der Waals surface area contributed by atoms with Crippen molar-refractivity contribution < 1.29 is 9.59 Å². The Morgan fingerprint density at radius 2 is 1.72 bits per heavy atom. The average molecular weight is 484 g/mol. The maximum Gasteiger partial charge on any atom is 0.270 e.